The van der Waals surface area contributed by atoms with Gasteiger partial charge in [-0.05, 0) is 30.7 Å². The van der Waals surface area contributed by atoms with Gasteiger partial charge in [0.2, 0.25) is 0 Å². The molecule has 0 spiro atoms. The van der Waals surface area contributed by atoms with Gasteiger partial charge < -0.3 is 10.1 Å². The first-order valence-corrected chi connectivity index (χ1v) is 8.24. The van der Waals surface area contributed by atoms with Crippen LogP contribution in [0.5, 0.6) is 5.75 Å². The van der Waals surface area contributed by atoms with Crippen LogP contribution in [0.4, 0.5) is 0 Å². The highest BCUT2D eigenvalue weighted by Gasteiger charge is 2.22. The van der Waals surface area contributed by atoms with Crippen LogP contribution in [-0.4, -0.2) is 13.2 Å². The fourth-order valence-electron chi connectivity index (χ4n) is 2.77. The van der Waals surface area contributed by atoms with E-state index in [0.717, 1.165) is 25.3 Å². The highest BCUT2D eigenvalue weighted by molar-refractivity contribution is 9.10. The fourth-order valence-corrected chi connectivity index (χ4v) is 3.29. The molecule has 0 radical (unpaired) electrons. The van der Waals surface area contributed by atoms with Gasteiger partial charge in [-0.1, -0.05) is 49.0 Å². The molecule has 1 unspecified atom stereocenters. The Morgan fingerprint density at radius 3 is 2.89 bits per heavy atom. The Morgan fingerprint density at radius 2 is 2.16 bits per heavy atom. The van der Waals surface area contributed by atoms with Crippen LogP contribution in [0.15, 0.2) is 16.6 Å². The van der Waals surface area contributed by atoms with Crippen LogP contribution in [0.2, 0.25) is 0 Å². The average Bonchev–Trinajstić information content (AvgIpc) is 2.85. The van der Waals surface area contributed by atoms with Gasteiger partial charge in [0.25, 0.3) is 0 Å². The van der Waals surface area contributed by atoms with Crippen molar-refractivity contribution in [2.45, 2.75) is 52.0 Å². The molecule has 19 heavy (non-hydrogen) atoms. The van der Waals surface area contributed by atoms with Crippen molar-refractivity contribution in [2.75, 3.05) is 13.2 Å². The van der Waals surface area contributed by atoms with Crippen LogP contribution in [0.1, 0.15) is 56.7 Å². The second kappa shape index (κ2) is 7.30. The maximum atomic E-state index is 5.86. The van der Waals surface area contributed by atoms with Crippen molar-refractivity contribution in [3.8, 4) is 5.75 Å². The zero-order valence-electron chi connectivity index (χ0n) is 12.0. The lowest BCUT2D eigenvalue weighted by molar-refractivity contribution is 0.346. The molecule has 0 amide bonds. The van der Waals surface area contributed by atoms with E-state index in [4.69, 9.17) is 4.74 Å². The van der Waals surface area contributed by atoms with Crippen LogP contribution in [-0.2, 0) is 6.42 Å². The molecule has 1 N–H and O–H groups in total. The molecule has 0 bridgehead atoms. The molecule has 0 aromatic heterocycles. The largest absolute Gasteiger partial charge is 0.493 e. The number of benzene rings is 1. The van der Waals surface area contributed by atoms with Gasteiger partial charge in [-0.2, -0.15) is 0 Å². The summed E-state index contributed by atoms with van der Waals surface area (Å²) in [5, 5.41) is 3.61. The van der Waals surface area contributed by atoms with E-state index in [-0.39, 0.29) is 0 Å². The van der Waals surface area contributed by atoms with E-state index in [1.165, 1.54) is 41.3 Å². The Bertz CT molecular complexity index is 419. The normalized spacial score (nSPS) is 15.1. The monoisotopic (exact) mass is 325 g/mol. The summed E-state index contributed by atoms with van der Waals surface area (Å²) in [6, 6.07) is 4.84. The van der Waals surface area contributed by atoms with Crippen LogP contribution >= 0.6 is 15.9 Å². The Labute approximate surface area is 125 Å². The van der Waals surface area contributed by atoms with Gasteiger partial charge in [0, 0.05) is 22.5 Å². The van der Waals surface area contributed by atoms with Crippen LogP contribution < -0.4 is 10.1 Å². The molecule has 0 aliphatic carbocycles. The van der Waals surface area contributed by atoms with Gasteiger partial charge in [-0.15, -0.1) is 0 Å². The van der Waals surface area contributed by atoms with Crippen molar-refractivity contribution in [2.24, 2.45) is 0 Å². The molecular weight excluding hydrogens is 302 g/mol. The number of hydrogen-bond acceptors (Lipinski definition) is 2. The first-order chi connectivity index (χ1) is 9.26. The van der Waals surface area contributed by atoms with Crippen molar-refractivity contribution in [3.05, 3.63) is 27.7 Å². The highest BCUT2D eigenvalue weighted by Crippen LogP contribution is 2.38. The van der Waals surface area contributed by atoms with E-state index in [0.29, 0.717) is 6.04 Å². The number of ether oxygens (including phenoxy) is 1. The maximum Gasteiger partial charge on any atom is 0.127 e. The lowest BCUT2D eigenvalue weighted by atomic mass is 9.97. The first-order valence-electron chi connectivity index (χ1n) is 7.44. The molecule has 2 nitrogen and oxygen atoms in total. The third kappa shape index (κ3) is 3.73. The molecule has 0 saturated heterocycles. The topological polar surface area (TPSA) is 21.3 Å². The molecule has 1 aliphatic heterocycles. The predicted molar refractivity (Wildman–Crippen MR) is 83.9 cm³/mol. The van der Waals surface area contributed by atoms with Gasteiger partial charge in [-0.25, -0.2) is 0 Å². The zero-order chi connectivity index (χ0) is 13.7. The summed E-state index contributed by atoms with van der Waals surface area (Å²) in [6.07, 6.45) is 6.07. The quantitative estimate of drug-likeness (QED) is 0.739. The lowest BCUT2D eigenvalue weighted by Gasteiger charge is -2.21. The minimum atomic E-state index is 0.417. The van der Waals surface area contributed by atoms with Crippen molar-refractivity contribution in [1.29, 1.82) is 0 Å². The van der Waals surface area contributed by atoms with E-state index < -0.39 is 0 Å². The zero-order valence-corrected chi connectivity index (χ0v) is 13.6. The third-order valence-corrected chi connectivity index (χ3v) is 4.16. The van der Waals surface area contributed by atoms with E-state index in [2.05, 4.69) is 47.2 Å². The van der Waals surface area contributed by atoms with E-state index >= 15 is 0 Å². The summed E-state index contributed by atoms with van der Waals surface area (Å²) in [7, 11) is 0. The minimum Gasteiger partial charge on any atom is -0.493 e. The number of nitrogens with one attached hydrogen (secondary N) is 1. The smallest absolute Gasteiger partial charge is 0.127 e. The summed E-state index contributed by atoms with van der Waals surface area (Å²) in [5.41, 5.74) is 2.68. The highest BCUT2D eigenvalue weighted by atomic mass is 79.9. The minimum absolute atomic E-state index is 0.417. The van der Waals surface area contributed by atoms with E-state index in [1.807, 2.05) is 0 Å². The molecule has 0 saturated carbocycles. The van der Waals surface area contributed by atoms with Crippen LogP contribution in [0.3, 0.4) is 0 Å². The molecule has 2 rings (SSSR count). The summed E-state index contributed by atoms with van der Waals surface area (Å²) in [4.78, 5) is 0. The molecule has 0 fully saturated rings. The molecule has 1 aliphatic rings. The summed E-state index contributed by atoms with van der Waals surface area (Å²) in [6.45, 7) is 6.25. The Hall–Kier alpha value is -0.540. The number of halogens is 1. The standard InChI is InChI=1S/C16H24BrNO/c1-3-5-6-7-15(18-4-2)14-11-13(17)10-12-8-9-19-16(12)14/h10-11,15,18H,3-9H2,1-2H3. The number of rotatable bonds is 7. The molecule has 1 heterocycles. The van der Waals surface area contributed by atoms with Gasteiger partial charge in [0.15, 0.2) is 0 Å². The molecule has 3 heteroatoms. The molecule has 106 valence electrons. The first kappa shape index (κ1) is 14.9. The Balaban J connectivity index is 2.20. The second-order valence-corrected chi connectivity index (χ2v) is 6.10. The predicted octanol–water partition coefficient (Wildman–Crippen LogP) is 4.61. The number of unbranched alkanes of at least 4 members (excludes halogenated alkanes) is 2. The van der Waals surface area contributed by atoms with Gasteiger partial charge >= 0.3 is 0 Å². The fraction of sp³-hybridized carbons (Fsp3) is 0.625. The van der Waals surface area contributed by atoms with E-state index in [1.54, 1.807) is 0 Å². The Kier molecular flexibility index (Phi) is 5.71. The molecule has 1 atom stereocenters. The number of hydrogen-bond donors (Lipinski definition) is 1. The van der Waals surface area contributed by atoms with Crippen LogP contribution in [0, 0.1) is 0 Å². The number of fused-ring (bicyclic) bond motifs is 1. The van der Waals surface area contributed by atoms with Crippen molar-refractivity contribution < 1.29 is 4.74 Å². The van der Waals surface area contributed by atoms with Gasteiger partial charge in [0.1, 0.15) is 5.75 Å². The second-order valence-electron chi connectivity index (χ2n) is 5.19. The summed E-state index contributed by atoms with van der Waals surface area (Å²) >= 11 is 3.63. The lowest BCUT2D eigenvalue weighted by Crippen LogP contribution is -2.21. The van der Waals surface area contributed by atoms with Crippen molar-refractivity contribution in [1.82, 2.24) is 5.32 Å². The van der Waals surface area contributed by atoms with Gasteiger partial charge in [0.05, 0.1) is 6.61 Å². The molecule has 1 aromatic carbocycles. The van der Waals surface area contributed by atoms with Crippen molar-refractivity contribution in [3.63, 3.8) is 0 Å². The third-order valence-electron chi connectivity index (χ3n) is 3.70. The average molecular weight is 326 g/mol. The maximum absolute atomic E-state index is 5.86. The van der Waals surface area contributed by atoms with E-state index in [9.17, 15) is 0 Å². The van der Waals surface area contributed by atoms with Gasteiger partial charge in [-0.3, -0.25) is 0 Å². The summed E-state index contributed by atoms with van der Waals surface area (Å²) in [5.74, 6) is 1.13. The van der Waals surface area contributed by atoms with Crippen LogP contribution in [0.25, 0.3) is 0 Å². The summed E-state index contributed by atoms with van der Waals surface area (Å²) < 4.78 is 7.03. The SMILES string of the molecule is CCCCCC(NCC)c1cc(Br)cc2c1OCC2. The molecule has 1 aromatic rings. The molecular formula is C16H24BrNO. The van der Waals surface area contributed by atoms with Crippen molar-refractivity contribution >= 4 is 15.9 Å². The Morgan fingerprint density at radius 1 is 1.32 bits per heavy atom.